The summed E-state index contributed by atoms with van der Waals surface area (Å²) in [5.74, 6) is -1.17. The monoisotopic (exact) mass is 296 g/mol. The van der Waals surface area contributed by atoms with Gasteiger partial charge in [0.25, 0.3) is 0 Å². The van der Waals surface area contributed by atoms with E-state index in [1.807, 2.05) is 30.3 Å². The zero-order chi connectivity index (χ0) is 15.7. The summed E-state index contributed by atoms with van der Waals surface area (Å²) in [7, 11) is 1.36. The highest BCUT2D eigenvalue weighted by atomic mass is 16.5. The number of hydrogen-bond acceptors (Lipinski definition) is 4. The molecule has 0 aliphatic rings. The van der Waals surface area contributed by atoms with Crippen molar-refractivity contribution in [3.63, 3.8) is 0 Å². The summed E-state index contributed by atoms with van der Waals surface area (Å²) in [5.41, 5.74) is 0.889. The number of aliphatic hydroxyl groups excluding tert-OH is 1. The lowest BCUT2D eigenvalue weighted by Gasteiger charge is -2.24. The van der Waals surface area contributed by atoms with Crippen LogP contribution in [-0.2, 0) is 16.1 Å². The van der Waals surface area contributed by atoms with E-state index in [2.05, 4.69) is 5.32 Å². The van der Waals surface area contributed by atoms with Crippen LogP contribution in [0, 0.1) is 0 Å². The van der Waals surface area contributed by atoms with Crippen LogP contribution in [0.25, 0.3) is 0 Å². The normalized spacial score (nSPS) is 11.7. The Morgan fingerprint density at radius 2 is 2.00 bits per heavy atom. The molecule has 0 aromatic heterocycles. The van der Waals surface area contributed by atoms with Crippen molar-refractivity contribution in [2.45, 2.75) is 12.6 Å². The van der Waals surface area contributed by atoms with Crippen molar-refractivity contribution in [3.8, 4) is 0 Å². The zero-order valence-corrected chi connectivity index (χ0v) is 11.9. The van der Waals surface area contributed by atoms with E-state index in [1.54, 1.807) is 0 Å². The van der Waals surface area contributed by atoms with Gasteiger partial charge < -0.3 is 25.2 Å². The number of benzene rings is 1. The Morgan fingerprint density at radius 3 is 2.52 bits per heavy atom. The second-order valence-corrected chi connectivity index (χ2v) is 4.43. The summed E-state index contributed by atoms with van der Waals surface area (Å²) in [6.45, 7) is 0.0637. The highest BCUT2D eigenvalue weighted by Crippen LogP contribution is 2.05. The van der Waals surface area contributed by atoms with E-state index in [1.165, 1.54) is 12.0 Å². The summed E-state index contributed by atoms with van der Waals surface area (Å²) >= 11 is 0. The first-order valence-electron chi connectivity index (χ1n) is 6.50. The molecule has 0 spiro atoms. The van der Waals surface area contributed by atoms with Gasteiger partial charge in [-0.05, 0) is 5.56 Å². The number of methoxy groups -OCH3 is 1. The Hall–Kier alpha value is -2.12. The van der Waals surface area contributed by atoms with E-state index in [4.69, 9.17) is 14.9 Å². The number of aliphatic carboxylic acids is 1. The molecule has 0 saturated heterocycles. The standard InChI is InChI=1S/C14H20N2O5/c1-21-10-12(13(18)19)15-14(20)16(7-8-17)9-11-5-3-2-4-6-11/h2-6,12,17H,7-10H2,1H3,(H,15,20)(H,18,19). The Kier molecular flexibility index (Phi) is 7.20. The minimum atomic E-state index is -1.17. The van der Waals surface area contributed by atoms with Crippen LogP contribution in [0.4, 0.5) is 4.79 Å². The number of amides is 2. The van der Waals surface area contributed by atoms with E-state index < -0.39 is 18.0 Å². The van der Waals surface area contributed by atoms with Crippen LogP contribution in [0.2, 0.25) is 0 Å². The van der Waals surface area contributed by atoms with Gasteiger partial charge in [0.2, 0.25) is 0 Å². The van der Waals surface area contributed by atoms with Gasteiger partial charge >= 0.3 is 12.0 Å². The molecule has 1 atom stereocenters. The molecule has 7 heteroatoms. The lowest BCUT2D eigenvalue weighted by molar-refractivity contribution is -0.140. The van der Waals surface area contributed by atoms with E-state index in [9.17, 15) is 9.59 Å². The van der Waals surface area contributed by atoms with Gasteiger partial charge in [0.1, 0.15) is 0 Å². The molecular weight excluding hydrogens is 276 g/mol. The number of carboxylic acid groups (broad SMARTS) is 1. The predicted molar refractivity (Wildman–Crippen MR) is 75.8 cm³/mol. The number of carbonyl (C=O) groups is 2. The fourth-order valence-corrected chi connectivity index (χ4v) is 1.76. The van der Waals surface area contributed by atoms with Gasteiger partial charge in [-0.15, -0.1) is 0 Å². The fraction of sp³-hybridized carbons (Fsp3) is 0.429. The van der Waals surface area contributed by atoms with Gasteiger partial charge in [0.05, 0.1) is 13.2 Å². The molecule has 1 aromatic carbocycles. The van der Waals surface area contributed by atoms with Crippen molar-refractivity contribution in [1.82, 2.24) is 10.2 Å². The Bertz CT molecular complexity index is 452. The predicted octanol–water partition coefficient (Wildman–Crippen LogP) is 0.290. The first kappa shape index (κ1) is 16.9. The number of aliphatic hydroxyl groups is 1. The molecule has 7 nitrogen and oxygen atoms in total. The van der Waals surface area contributed by atoms with Gasteiger partial charge in [-0.25, -0.2) is 9.59 Å². The number of urea groups is 1. The molecule has 2 amide bonds. The number of carboxylic acids is 1. The van der Waals surface area contributed by atoms with E-state index in [0.29, 0.717) is 0 Å². The molecule has 1 rings (SSSR count). The number of nitrogens with zero attached hydrogens (tertiary/aromatic N) is 1. The van der Waals surface area contributed by atoms with Gasteiger partial charge in [-0.1, -0.05) is 30.3 Å². The van der Waals surface area contributed by atoms with E-state index >= 15 is 0 Å². The molecule has 0 bridgehead atoms. The molecule has 0 saturated carbocycles. The number of ether oxygens (including phenoxy) is 1. The van der Waals surface area contributed by atoms with Crippen LogP contribution < -0.4 is 5.32 Å². The summed E-state index contributed by atoms with van der Waals surface area (Å²) in [6.07, 6.45) is 0. The smallest absolute Gasteiger partial charge is 0.328 e. The summed E-state index contributed by atoms with van der Waals surface area (Å²) in [4.78, 5) is 24.5. The highest BCUT2D eigenvalue weighted by Gasteiger charge is 2.23. The number of nitrogens with one attached hydrogen (secondary N) is 1. The molecular formula is C14H20N2O5. The van der Waals surface area contributed by atoms with Crippen molar-refractivity contribution in [2.75, 3.05) is 26.9 Å². The number of carbonyl (C=O) groups excluding carboxylic acids is 1. The molecule has 3 N–H and O–H groups in total. The van der Waals surface area contributed by atoms with Crippen molar-refractivity contribution in [2.24, 2.45) is 0 Å². The SMILES string of the molecule is COCC(NC(=O)N(CCO)Cc1ccccc1)C(=O)O. The third kappa shape index (κ3) is 5.80. The van der Waals surface area contributed by atoms with Crippen LogP contribution in [0.3, 0.4) is 0 Å². The van der Waals surface area contributed by atoms with Gasteiger partial charge in [-0.3, -0.25) is 0 Å². The average molecular weight is 296 g/mol. The minimum absolute atomic E-state index is 0.111. The third-order valence-electron chi connectivity index (χ3n) is 2.80. The maximum absolute atomic E-state index is 12.1. The molecule has 0 heterocycles. The van der Waals surface area contributed by atoms with Crippen molar-refractivity contribution >= 4 is 12.0 Å². The Morgan fingerprint density at radius 1 is 1.33 bits per heavy atom. The highest BCUT2D eigenvalue weighted by molar-refractivity contribution is 5.82. The van der Waals surface area contributed by atoms with Crippen LogP contribution >= 0.6 is 0 Å². The lowest BCUT2D eigenvalue weighted by Crippen LogP contribution is -2.50. The molecule has 0 aliphatic heterocycles. The zero-order valence-electron chi connectivity index (χ0n) is 11.9. The summed E-state index contributed by atoms with van der Waals surface area (Å²) in [5, 5.41) is 20.4. The fourth-order valence-electron chi connectivity index (χ4n) is 1.76. The molecule has 1 unspecified atom stereocenters. The van der Waals surface area contributed by atoms with Crippen molar-refractivity contribution in [1.29, 1.82) is 0 Å². The molecule has 116 valence electrons. The van der Waals surface area contributed by atoms with Crippen molar-refractivity contribution < 1.29 is 24.5 Å². The molecule has 21 heavy (non-hydrogen) atoms. The Balaban J connectivity index is 2.70. The minimum Gasteiger partial charge on any atom is -0.480 e. The van der Waals surface area contributed by atoms with Gasteiger partial charge in [0.15, 0.2) is 6.04 Å². The second kappa shape index (κ2) is 8.93. The second-order valence-electron chi connectivity index (χ2n) is 4.43. The van der Waals surface area contributed by atoms with Crippen LogP contribution in [0.15, 0.2) is 30.3 Å². The average Bonchev–Trinajstić information content (AvgIpc) is 2.47. The van der Waals surface area contributed by atoms with Gasteiger partial charge in [0, 0.05) is 20.2 Å². The quantitative estimate of drug-likeness (QED) is 0.640. The largest absolute Gasteiger partial charge is 0.480 e. The molecule has 0 radical (unpaired) electrons. The first-order valence-corrected chi connectivity index (χ1v) is 6.50. The maximum atomic E-state index is 12.1. The molecule has 0 fully saturated rings. The first-order chi connectivity index (χ1) is 10.1. The lowest BCUT2D eigenvalue weighted by atomic mass is 10.2. The number of rotatable bonds is 8. The topological polar surface area (TPSA) is 99.1 Å². The van der Waals surface area contributed by atoms with E-state index in [0.717, 1.165) is 5.56 Å². The Labute approximate surface area is 123 Å². The van der Waals surface area contributed by atoms with Crippen LogP contribution in [-0.4, -0.2) is 60.0 Å². The van der Waals surface area contributed by atoms with Crippen LogP contribution in [0.5, 0.6) is 0 Å². The van der Waals surface area contributed by atoms with Gasteiger partial charge in [-0.2, -0.15) is 0 Å². The van der Waals surface area contributed by atoms with Crippen molar-refractivity contribution in [3.05, 3.63) is 35.9 Å². The maximum Gasteiger partial charge on any atom is 0.328 e. The van der Waals surface area contributed by atoms with Crippen LogP contribution in [0.1, 0.15) is 5.56 Å². The summed E-state index contributed by atoms with van der Waals surface area (Å²) in [6, 6.07) is 7.56. The third-order valence-corrected chi connectivity index (χ3v) is 2.80. The number of hydrogen-bond donors (Lipinski definition) is 3. The molecule has 0 aliphatic carbocycles. The summed E-state index contributed by atoms with van der Waals surface area (Å²) < 4.78 is 4.76. The molecule has 1 aromatic rings. The van der Waals surface area contributed by atoms with E-state index in [-0.39, 0.29) is 26.3 Å².